The second-order valence-electron chi connectivity index (χ2n) is 4.54. The van der Waals surface area contributed by atoms with E-state index in [0.29, 0.717) is 12.6 Å². The van der Waals surface area contributed by atoms with Gasteiger partial charge in [0.05, 0.1) is 4.47 Å². The second kappa shape index (κ2) is 7.82. The third kappa shape index (κ3) is 5.42. The molecule has 2 nitrogen and oxygen atoms in total. The zero-order valence-corrected chi connectivity index (χ0v) is 13.3. The third-order valence-corrected chi connectivity index (χ3v) is 3.34. The highest BCUT2D eigenvalue weighted by Crippen LogP contribution is 2.26. The van der Waals surface area contributed by atoms with Gasteiger partial charge in [0.1, 0.15) is 12.4 Å². The van der Waals surface area contributed by atoms with E-state index < -0.39 is 0 Å². The lowest BCUT2D eigenvalue weighted by molar-refractivity contribution is 0.350. The van der Waals surface area contributed by atoms with Crippen LogP contribution in [0.1, 0.15) is 26.3 Å². The van der Waals surface area contributed by atoms with Crippen molar-refractivity contribution in [3.63, 3.8) is 0 Å². The van der Waals surface area contributed by atoms with Crippen molar-refractivity contribution in [2.45, 2.75) is 33.4 Å². The minimum absolute atomic E-state index is 0.483. The largest absolute Gasteiger partial charge is 0.488 e. The lowest BCUT2D eigenvalue weighted by Crippen LogP contribution is -2.21. The highest BCUT2D eigenvalue weighted by atomic mass is 79.9. The average Bonchev–Trinajstić information content (AvgIpc) is 2.34. The van der Waals surface area contributed by atoms with E-state index in [4.69, 9.17) is 16.3 Å². The summed E-state index contributed by atoms with van der Waals surface area (Å²) in [4.78, 5) is 0. The van der Waals surface area contributed by atoms with E-state index in [-0.39, 0.29) is 0 Å². The van der Waals surface area contributed by atoms with Crippen molar-refractivity contribution in [2.75, 3.05) is 6.61 Å². The molecule has 0 aromatic heterocycles. The number of nitrogens with one attached hydrogen (secondary N) is 1. The maximum Gasteiger partial charge on any atom is 0.133 e. The van der Waals surface area contributed by atoms with Crippen molar-refractivity contribution in [1.29, 1.82) is 0 Å². The Morgan fingerprint density at radius 2 is 2.22 bits per heavy atom. The Bertz CT molecular complexity index is 418. The highest BCUT2D eigenvalue weighted by Gasteiger charge is 2.03. The monoisotopic (exact) mass is 331 g/mol. The third-order valence-electron chi connectivity index (χ3n) is 2.35. The van der Waals surface area contributed by atoms with Crippen LogP contribution in [-0.4, -0.2) is 12.6 Å². The quantitative estimate of drug-likeness (QED) is 0.830. The maximum absolute atomic E-state index is 5.65. The van der Waals surface area contributed by atoms with Crippen molar-refractivity contribution >= 4 is 27.5 Å². The molecule has 0 saturated carbocycles. The number of halogens is 2. The average molecular weight is 333 g/mol. The summed E-state index contributed by atoms with van der Waals surface area (Å²) in [6.07, 6.45) is 0. The van der Waals surface area contributed by atoms with E-state index in [1.165, 1.54) is 11.1 Å². The molecule has 0 amide bonds. The molecule has 18 heavy (non-hydrogen) atoms. The SMILES string of the molecule is C/C(=C\Cl)COc1ccc(CNC(C)C)cc1Br. The number of hydrogen-bond acceptors (Lipinski definition) is 2. The number of hydrogen-bond donors (Lipinski definition) is 1. The molecule has 100 valence electrons. The summed E-state index contributed by atoms with van der Waals surface area (Å²) >= 11 is 9.11. The minimum Gasteiger partial charge on any atom is -0.488 e. The van der Waals surface area contributed by atoms with Crippen LogP contribution in [0.3, 0.4) is 0 Å². The summed E-state index contributed by atoms with van der Waals surface area (Å²) in [7, 11) is 0. The summed E-state index contributed by atoms with van der Waals surface area (Å²) in [6, 6.07) is 6.60. The van der Waals surface area contributed by atoms with Crippen molar-refractivity contribution in [3.8, 4) is 5.75 Å². The molecule has 1 rings (SSSR count). The molecule has 0 fully saturated rings. The fraction of sp³-hybridized carbons (Fsp3) is 0.429. The van der Waals surface area contributed by atoms with E-state index in [0.717, 1.165) is 22.3 Å². The molecule has 1 aromatic carbocycles. The summed E-state index contributed by atoms with van der Waals surface area (Å²) in [5.41, 5.74) is 3.76. The van der Waals surface area contributed by atoms with Crippen LogP contribution in [-0.2, 0) is 6.54 Å². The molecule has 1 aromatic rings. The van der Waals surface area contributed by atoms with Crippen molar-refractivity contribution in [2.24, 2.45) is 0 Å². The molecule has 0 heterocycles. The zero-order valence-electron chi connectivity index (χ0n) is 11.0. The summed E-state index contributed by atoms with van der Waals surface area (Å²) in [6.45, 7) is 7.56. The maximum atomic E-state index is 5.65. The molecule has 0 bridgehead atoms. The first kappa shape index (κ1) is 15.5. The Morgan fingerprint density at radius 1 is 1.50 bits per heavy atom. The molecule has 0 aliphatic carbocycles. The molecule has 0 saturated heterocycles. The van der Waals surface area contributed by atoms with E-state index in [1.807, 2.05) is 13.0 Å². The van der Waals surface area contributed by atoms with Gasteiger partial charge in [-0.2, -0.15) is 0 Å². The van der Waals surface area contributed by atoms with Crippen LogP contribution >= 0.6 is 27.5 Å². The van der Waals surface area contributed by atoms with Gasteiger partial charge in [0.2, 0.25) is 0 Å². The van der Waals surface area contributed by atoms with Gasteiger partial charge in [-0.3, -0.25) is 0 Å². The zero-order chi connectivity index (χ0) is 13.5. The van der Waals surface area contributed by atoms with E-state index >= 15 is 0 Å². The first-order valence-corrected chi connectivity index (χ1v) is 7.16. The Morgan fingerprint density at radius 3 is 2.78 bits per heavy atom. The van der Waals surface area contributed by atoms with Gasteiger partial charge in [-0.15, -0.1) is 0 Å². The Hall–Kier alpha value is -0.510. The lowest BCUT2D eigenvalue weighted by atomic mass is 10.2. The fourth-order valence-corrected chi connectivity index (χ4v) is 1.92. The first-order chi connectivity index (χ1) is 8.52. The van der Waals surface area contributed by atoms with Crippen molar-refractivity contribution < 1.29 is 4.74 Å². The molecule has 0 unspecified atom stereocenters. The first-order valence-electron chi connectivity index (χ1n) is 5.93. The Kier molecular flexibility index (Phi) is 6.76. The number of benzene rings is 1. The van der Waals surface area contributed by atoms with Crippen molar-refractivity contribution in [3.05, 3.63) is 39.3 Å². The predicted octanol–water partition coefficient (Wildman–Crippen LogP) is 4.47. The van der Waals surface area contributed by atoms with Gasteiger partial charge < -0.3 is 10.1 Å². The van der Waals surface area contributed by atoms with E-state index in [9.17, 15) is 0 Å². The molecule has 0 aliphatic rings. The molecule has 1 N–H and O–H groups in total. The molecular formula is C14H19BrClNO. The number of ether oxygens (including phenoxy) is 1. The second-order valence-corrected chi connectivity index (χ2v) is 5.62. The Balaban J connectivity index is 2.62. The highest BCUT2D eigenvalue weighted by molar-refractivity contribution is 9.10. The number of rotatable bonds is 6. The van der Waals surface area contributed by atoms with E-state index in [2.05, 4.69) is 47.2 Å². The topological polar surface area (TPSA) is 21.3 Å². The standard InChI is InChI=1S/C14H19BrClNO/c1-10(2)17-8-12-4-5-14(13(15)6-12)18-9-11(3)7-16/h4-7,10,17H,8-9H2,1-3H3/b11-7+. The van der Waals surface area contributed by atoms with Gasteiger partial charge in [0.25, 0.3) is 0 Å². The summed E-state index contributed by atoms with van der Waals surface area (Å²) in [5, 5.41) is 3.38. The molecular weight excluding hydrogens is 314 g/mol. The van der Waals surface area contributed by atoms with Crippen LogP contribution < -0.4 is 10.1 Å². The normalized spacial score (nSPS) is 12.0. The molecule has 4 heteroatoms. The van der Waals surface area contributed by atoms with Crippen LogP contribution in [0.15, 0.2) is 33.8 Å². The van der Waals surface area contributed by atoms with Gasteiger partial charge in [-0.1, -0.05) is 31.5 Å². The Labute approximate surface area is 122 Å². The molecule has 0 atom stereocenters. The van der Waals surface area contributed by atoms with Gasteiger partial charge in [-0.25, -0.2) is 0 Å². The van der Waals surface area contributed by atoms with Crippen LogP contribution in [0.2, 0.25) is 0 Å². The van der Waals surface area contributed by atoms with Crippen LogP contribution in [0, 0.1) is 0 Å². The predicted molar refractivity (Wildman–Crippen MR) is 81.2 cm³/mol. The lowest BCUT2D eigenvalue weighted by Gasteiger charge is -2.11. The fourth-order valence-electron chi connectivity index (χ4n) is 1.32. The minimum atomic E-state index is 0.483. The summed E-state index contributed by atoms with van der Waals surface area (Å²) < 4.78 is 6.62. The van der Waals surface area contributed by atoms with Gasteiger partial charge in [0, 0.05) is 18.1 Å². The van der Waals surface area contributed by atoms with Crippen LogP contribution in [0.25, 0.3) is 0 Å². The van der Waals surface area contributed by atoms with Crippen LogP contribution in [0.5, 0.6) is 5.75 Å². The molecule has 0 spiro atoms. The van der Waals surface area contributed by atoms with Gasteiger partial charge >= 0.3 is 0 Å². The molecule has 0 radical (unpaired) electrons. The summed E-state index contributed by atoms with van der Waals surface area (Å²) in [5.74, 6) is 0.834. The van der Waals surface area contributed by atoms with Crippen LogP contribution in [0.4, 0.5) is 0 Å². The van der Waals surface area contributed by atoms with Gasteiger partial charge in [-0.05, 0) is 46.1 Å². The van der Waals surface area contributed by atoms with E-state index in [1.54, 1.807) is 0 Å². The van der Waals surface area contributed by atoms with Crippen molar-refractivity contribution in [1.82, 2.24) is 5.32 Å². The van der Waals surface area contributed by atoms with Gasteiger partial charge in [0.15, 0.2) is 0 Å². The smallest absolute Gasteiger partial charge is 0.133 e. The molecule has 0 aliphatic heterocycles.